The summed E-state index contributed by atoms with van der Waals surface area (Å²) in [5.74, 6) is 3.57. The van der Waals surface area contributed by atoms with Crippen molar-refractivity contribution < 1.29 is 24.0 Å². The van der Waals surface area contributed by atoms with Crippen LogP contribution in [0.2, 0.25) is 0 Å². The molecule has 0 heterocycles. The molecule has 0 atom stereocenters. The number of rotatable bonds is 3. The number of carbonyl (C=O) groups is 1. The second-order valence-electron chi connectivity index (χ2n) is 1.63. The minimum absolute atomic E-state index is 0.360. The van der Waals surface area contributed by atoms with Gasteiger partial charge < -0.3 is 14.6 Å². The van der Waals surface area contributed by atoms with Crippen molar-refractivity contribution >= 4 is 13.6 Å². The van der Waals surface area contributed by atoms with Crippen LogP contribution in [-0.4, -0.2) is 21.9 Å². The molecular formula is C3H8NO5P. The van der Waals surface area contributed by atoms with Gasteiger partial charge in [-0.15, -0.1) is 0 Å². The van der Waals surface area contributed by atoms with Crippen molar-refractivity contribution in [2.24, 2.45) is 5.90 Å². The van der Waals surface area contributed by atoms with Crippen LogP contribution in [0.4, 0.5) is 0 Å². The molecule has 7 heteroatoms. The van der Waals surface area contributed by atoms with E-state index in [0.29, 0.717) is 0 Å². The molecule has 6 nitrogen and oxygen atoms in total. The highest BCUT2D eigenvalue weighted by molar-refractivity contribution is 7.51. The summed E-state index contributed by atoms with van der Waals surface area (Å²) in [6, 6.07) is 0. The third kappa shape index (κ3) is 5.71. The Morgan fingerprint density at radius 3 is 2.40 bits per heavy atom. The van der Waals surface area contributed by atoms with Gasteiger partial charge in [0.1, 0.15) is 0 Å². The molecule has 60 valence electrons. The minimum atomic E-state index is -4.09. The van der Waals surface area contributed by atoms with E-state index in [1.165, 1.54) is 0 Å². The zero-order chi connectivity index (χ0) is 8.20. The number of hydrogen-bond donors (Lipinski definition) is 3. The fourth-order valence-corrected chi connectivity index (χ4v) is 0.770. The zero-order valence-electron chi connectivity index (χ0n) is 5.06. The van der Waals surface area contributed by atoms with Crippen LogP contribution in [0.15, 0.2) is 0 Å². The van der Waals surface area contributed by atoms with Gasteiger partial charge in [-0.2, -0.15) is 5.90 Å². The molecule has 0 saturated heterocycles. The summed E-state index contributed by atoms with van der Waals surface area (Å²) in [7, 11) is -4.09. The van der Waals surface area contributed by atoms with E-state index in [4.69, 9.17) is 9.79 Å². The third-order valence-corrected chi connectivity index (χ3v) is 1.54. The molecule has 0 aliphatic heterocycles. The molecule has 0 bridgehead atoms. The lowest BCUT2D eigenvalue weighted by molar-refractivity contribution is -0.143. The third-order valence-electron chi connectivity index (χ3n) is 0.739. The first-order chi connectivity index (χ1) is 4.45. The lowest BCUT2D eigenvalue weighted by Crippen LogP contribution is -2.11. The molecule has 0 aliphatic rings. The van der Waals surface area contributed by atoms with Gasteiger partial charge in [0.05, 0.1) is 12.6 Å². The van der Waals surface area contributed by atoms with E-state index in [2.05, 4.69) is 10.7 Å². The highest BCUT2D eigenvalue weighted by Crippen LogP contribution is 2.34. The zero-order valence-corrected chi connectivity index (χ0v) is 5.95. The summed E-state index contributed by atoms with van der Waals surface area (Å²) in [5, 5.41) is 0. The van der Waals surface area contributed by atoms with E-state index in [1.807, 2.05) is 0 Å². The molecule has 0 rings (SSSR count). The Kier molecular flexibility index (Phi) is 3.52. The Morgan fingerprint density at radius 2 is 2.10 bits per heavy atom. The fourth-order valence-electron chi connectivity index (χ4n) is 0.296. The topological polar surface area (TPSA) is 110 Å². The normalized spacial score (nSPS) is 11.1. The molecule has 0 amide bonds. The highest BCUT2D eigenvalue weighted by Gasteiger charge is 2.15. The summed E-state index contributed by atoms with van der Waals surface area (Å²) < 4.78 is 10.1. The average molecular weight is 169 g/mol. The van der Waals surface area contributed by atoms with E-state index < -0.39 is 19.7 Å². The van der Waals surface area contributed by atoms with Crippen molar-refractivity contribution in [3.8, 4) is 0 Å². The average Bonchev–Trinajstić information content (AvgIpc) is 1.81. The van der Waals surface area contributed by atoms with Crippen LogP contribution < -0.4 is 5.90 Å². The first kappa shape index (κ1) is 9.58. The lowest BCUT2D eigenvalue weighted by atomic mass is 10.5. The summed E-state index contributed by atoms with van der Waals surface area (Å²) in [6.07, 6.45) is -0.885. The molecule has 4 N–H and O–H groups in total. The van der Waals surface area contributed by atoms with E-state index in [-0.39, 0.29) is 6.42 Å². The van der Waals surface area contributed by atoms with E-state index in [1.54, 1.807) is 0 Å². The van der Waals surface area contributed by atoms with E-state index in [9.17, 15) is 9.36 Å². The van der Waals surface area contributed by atoms with Crippen molar-refractivity contribution in [2.45, 2.75) is 6.42 Å². The number of nitrogens with two attached hydrogens (primary N) is 1. The van der Waals surface area contributed by atoms with Gasteiger partial charge in [-0.1, -0.05) is 0 Å². The SMILES string of the molecule is NOC(=O)CCP(=O)(O)O. The maximum atomic E-state index is 10.2. The Balaban J connectivity index is 3.56. The second kappa shape index (κ2) is 3.68. The monoisotopic (exact) mass is 169 g/mol. The van der Waals surface area contributed by atoms with E-state index >= 15 is 0 Å². The van der Waals surface area contributed by atoms with Gasteiger partial charge >= 0.3 is 13.6 Å². The van der Waals surface area contributed by atoms with Gasteiger partial charge in [-0.3, -0.25) is 9.36 Å². The smallest absolute Gasteiger partial charge is 0.326 e. The molecule has 0 aromatic heterocycles. The van der Waals surface area contributed by atoms with Gasteiger partial charge in [0.2, 0.25) is 0 Å². The van der Waals surface area contributed by atoms with Crippen molar-refractivity contribution in [3.05, 3.63) is 0 Å². The first-order valence-corrected chi connectivity index (χ1v) is 4.19. The summed E-state index contributed by atoms with van der Waals surface area (Å²) >= 11 is 0. The summed E-state index contributed by atoms with van der Waals surface area (Å²) in [6.45, 7) is 0. The number of hydrogen-bond acceptors (Lipinski definition) is 4. The predicted molar refractivity (Wildman–Crippen MR) is 31.8 cm³/mol. The predicted octanol–water partition coefficient (Wildman–Crippen LogP) is -1.03. The van der Waals surface area contributed by atoms with Gasteiger partial charge in [0.15, 0.2) is 0 Å². The Hall–Kier alpha value is -0.420. The van der Waals surface area contributed by atoms with Crippen LogP contribution in [0.5, 0.6) is 0 Å². The van der Waals surface area contributed by atoms with Crippen LogP contribution in [0.3, 0.4) is 0 Å². The molecule has 0 radical (unpaired) electrons. The lowest BCUT2D eigenvalue weighted by Gasteiger charge is -2.00. The summed E-state index contributed by atoms with van der Waals surface area (Å²) in [5.41, 5.74) is 0. The first-order valence-electron chi connectivity index (χ1n) is 2.40. The Morgan fingerprint density at radius 1 is 1.60 bits per heavy atom. The van der Waals surface area contributed by atoms with Crippen molar-refractivity contribution in [3.63, 3.8) is 0 Å². The maximum absolute atomic E-state index is 10.2. The molecule has 0 saturated carbocycles. The highest BCUT2D eigenvalue weighted by atomic mass is 31.2. The van der Waals surface area contributed by atoms with Crippen molar-refractivity contribution in [1.29, 1.82) is 0 Å². The quantitative estimate of drug-likeness (QED) is 0.368. The van der Waals surface area contributed by atoms with Gasteiger partial charge in [-0.05, 0) is 0 Å². The van der Waals surface area contributed by atoms with Crippen molar-refractivity contribution in [1.82, 2.24) is 0 Å². The van der Waals surface area contributed by atoms with Gasteiger partial charge in [-0.25, -0.2) is 0 Å². The number of carbonyl (C=O) groups excluding carboxylic acids is 1. The van der Waals surface area contributed by atoms with Crippen LogP contribution in [-0.2, 0) is 14.2 Å². The molecule has 0 aliphatic carbocycles. The fraction of sp³-hybridized carbons (Fsp3) is 0.667. The molecule has 10 heavy (non-hydrogen) atoms. The Labute approximate surface area is 57.1 Å². The van der Waals surface area contributed by atoms with E-state index in [0.717, 1.165) is 0 Å². The van der Waals surface area contributed by atoms with Gasteiger partial charge in [0, 0.05) is 0 Å². The largest absolute Gasteiger partial charge is 0.373 e. The minimum Gasteiger partial charge on any atom is -0.373 e. The molecule has 0 aromatic carbocycles. The molecule has 0 unspecified atom stereocenters. The van der Waals surface area contributed by atoms with Gasteiger partial charge in [0.25, 0.3) is 0 Å². The van der Waals surface area contributed by atoms with Crippen LogP contribution in [0.1, 0.15) is 6.42 Å². The molecule has 0 fully saturated rings. The maximum Gasteiger partial charge on any atom is 0.326 e. The summed E-state index contributed by atoms with van der Waals surface area (Å²) in [4.78, 5) is 30.3. The molecular weight excluding hydrogens is 161 g/mol. The van der Waals surface area contributed by atoms with Crippen molar-refractivity contribution in [2.75, 3.05) is 6.16 Å². The van der Waals surface area contributed by atoms with Crippen LogP contribution in [0, 0.1) is 0 Å². The Bertz CT molecular complexity index is 162. The van der Waals surface area contributed by atoms with Crippen LogP contribution in [0.25, 0.3) is 0 Å². The second-order valence-corrected chi connectivity index (χ2v) is 3.40. The standard InChI is InChI=1S/C3H8NO5P/c4-9-3(5)1-2-10(6,7)8/h1-2,4H2,(H2,6,7,8). The van der Waals surface area contributed by atoms with Crippen LogP contribution >= 0.6 is 7.60 Å². The molecule has 0 aromatic rings. The molecule has 0 spiro atoms.